The first-order chi connectivity index (χ1) is 16.6. The van der Waals surface area contributed by atoms with Crippen molar-refractivity contribution < 1.29 is 81.4 Å². The molecule has 36 heavy (non-hydrogen) atoms. The van der Waals surface area contributed by atoms with Crippen LogP contribution in [0.15, 0.2) is 29.3 Å². The van der Waals surface area contributed by atoms with Gasteiger partial charge in [0.05, 0.1) is 6.42 Å². The number of hydrogen-bond donors (Lipinski definition) is 6. The number of carboxylic acid groups (broad SMARTS) is 1. The van der Waals surface area contributed by atoms with E-state index >= 15 is 0 Å². The summed E-state index contributed by atoms with van der Waals surface area (Å²) in [4.78, 5) is 55.3. The maximum absolute atomic E-state index is 13.0. The Morgan fingerprint density at radius 3 is 2.58 bits per heavy atom. The monoisotopic (exact) mass is 529 g/mol. The van der Waals surface area contributed by atoms with Crippen LogP contribution >= 0.6 is 0 Å². The van der Waals surface area contributed by atoms with Crippen LogP contribution in [0.2, 0.25) is 0 Å². The minimum absolute atomic E-state index is 0. The number of amides is 3. The van der Waals surface area contributed by atoms with E-state index in [2.05, 4.69) is 21.4 Å². The second-order valence-electron chi connectivity index (χ2n) is 8.64. The molecule has 0 radical (unpaired) electrons. The molecule has 2 rings (SSSR count). The van der Waals surface area contributed by atoms with Crippen molar-refractivity contribution in [1.82, 2.24) is 15.5 Å². The van der Waals surface area contributed by atoms with Crippen molar-refractivity contribution in [1.29, 1.82) is 0 Å². The van der Waals surface area contributed by atoms with Crippen molar-refractivity contribution in [2.75, 3.05) is 13.1 Å². The summed E-state index contributed by atoms with van der Waals surface area (Å²) in [6.45, 7) is 2.87. The van der Waals surface area contributed by atoms with Crippen LogP contribution in [0.1, 0.15) is 43.2 Å². The number of guanidine groups is 1. The van der Waals surface area contributed by atoms with E-state index in [1.807, 2.05) is 31.2 Å². The maximum Gasteiger partial charge on any atom is 1.00 e. The van der Waals surface area contributed by atoms with Crippen LogP contribution in [0.3, 0.4) is 0 Å². The fourth-order valence-corrected chi connectivity index (χ4v) is 3.97. The number of carbonyl (C=O) groups is 4. The van der Waals surface area contributed by atoms with Crippen LogP contribution < -0.4 is 79.2 Å². The van der Waals surface area contributed by atoms with E-state index in [4.69, 9.17) is 11.5 Å². The molecule has 0 bridgehead atoms. The Hall–Kier alpha value is -2.03. The second kappa shape index (κ2) is 15.9. The minimum atomic E-state index is -1.27. The Kier molecular flexibility index (Phi) is 14.2. The smallest absolute Gasteiger partial charge is 0.481 e. The zero-order valence-electron chi connectivity index (χ0n) is 21.0. The summed E-state index contributed by atoms with van der Waals surface area (Å²) in [6, 6.07) is 4.85. The first-order valence-electron chi connectivity index (χ1n) is 11.6. The molecule has 1 aliphatic rings. The van der Waals surface area contributed by atoms with E-state index in [-0.39, 0.29) is 69.8 Å². The van der Waals surface area contributed by atoms with Gasteiger partial charge in [-0.15, -0.1) is 0 Å². The SMILES string of the molecule is Cc1ccccc1CNC(=O)[C@H](CC(=O)O)NC(=O)[C@@H]1CCCN1C(=O)[C@@H]([NH3+])CCCN=C(N)N.[K+]. The van der Waals surface area contributed by atoms with Gasteiger partial charge in [0.25, 0.3) is 5.91 Å². The van der Waals surface area contributed by atoms with Crippen molar-refractivity contribution >= 4 is 29.7 Å². The van der Waals surface area contributed by atoms with Crippen molar-refractivity contribution in [3.05, 3.63) is 35.4 Å². The summed E-state index contributed by atoms with van der Waals surface area (Å²) < 4.78 is 0. The number of hydrogen-bond acceptors (Lipinski definition) is 5. The normalized spacial score (nSPS) is 16.3. The fourth-order valence-electron chi connectivity index (χ4n) is 3.97. The van der Waals surface area contributed by atoms with Gasteiger partial charge in [0.15, 0.2) is 12.0 Å². The first kappa shape index (κ1) is 32.0. The molecular formula is C23H36KN7O5+2. The molecule has 1 aliphatic heterocycles. The number of nitrogens with two attached hydrogens (primary N) is 2. The van der Waals surface area contributed by atoms with Gasteiger partial charge in [0.1, 0.15) is 12.1 Å². The van der Waals surface area contributed by atoms with Gasteiger partial charge in [-0.25, -0.2) is 0 Å². The molecule has 1 fully saturated rings. The summed E-state index contributed by atoms with van der Waals surface area (Å²) in [5, 5.41) is 14.5. The second-order valence-corrected chi connectivity index (χ2v) is 8.64. The van der Waals surface area contributed by atoms with Gasteiger partial charge in [-0.2, -0.15) is 0 Å². The Bertz CT molecular complexity index is 955. The Morgan fingerprint density at radius 1 is 1.25 bits per heavy atom. The van der Waals surface area contributed by atoms with Gasteiger partial charge in [-0.3, -0.25) is 24.2 Å². The molecule has 0 aliphatic carbocycles. The zero-order valence-corrected chi connectivity index (χ0v) is 24.2. The van der Waals surface area contributed by atoms with Crippen molar-refractivity contribution in [3.8, 4) is 0 Å². The largest absolute Gasteiger partial charge is 1.00 e. The quantitative estimate of drug-likeness (QED) is 0.0673. The molecule has 1 aromatic carbocycles. The molecule has 13 heteroatoms. The summed E-state index contributed by atoms with van der Waals surface area (Å²) in [7, 11) is 0. The fraction of sp³-hybridized carbons (Fsp3) is 0.522. The van der Waals surface area contributed by atoms with E-state index in [9.17, 15) is 24.3 Å². The van der Waals surface area contributed by atoms with Crippen LogP contribution in [0.25, 0.3) is 0 Å². The molecule has 10 N–H and O–H groups in total. The Labute approximate surface area is 253 Å². The van der Waals surface area contributed by atoms with Crippen molar-refractivity contribution in [2.45, 2.75) is 63.7 Å². The molecule has 3 amide bonds. The molecule has 0 spiro atoms. The van der Waals surface area contributed by atoms with Crippen LogP contribution in [0.4, 0.5) is 0 Å². The van der Waals surface area contributed by atoms with Crippen LogP contribution in [-0.2, 0) is 25.7 Å². The van der Waals surface area contributed by atoms with Gasteiger partial charge in [-0.05, 0) is 37.3 Å². The molecule has 1 aromatic rings. The van der Waals surface area contributed by atoms with E-state index in [1.165, 1.54) is 4.90 Å². The summed E-state index contributed by atoms with van der Waals surface area (Å²) in [5.74, 6) is -2.67. The number of aliphatic imine (C=N–C) groups is 1. The average Bonchev–Trinajstić information content (AvgIpc) is 3.29. The number of rotatable bonds is 12. The van der Waals surface area contributed by atoms with Crippen LogP contribution in [0.5, 0.6) is 0 Å². The molecule has 1 heterocycles. The first-order valence-corrected chi connectivity index (χ1v) is 11.6. The van der Waals surface area contributed by atoms with Gasteiger partial charge in [-0.1, -0.05) is 24.3 Å². The average molecular weight is 530 g/mol. The molecule has 3 atom stereocenters. The number of quaternary nitrogens is 1. The van der Waals surface area contributed by atoms with E-state index in [0.717, 1.165) is 11.1 Å². The zero-order chi connectivity index (χ0) is 26.0. The molecule has 1 saturated heterocycles. The van der Waals surface area contributed by atoms with Crippen molar-refractivity contribution in [2.24, 2.45) is 16.5 Å². The third-order valence-corrected chi connectivity index (χ3v) is 5.92. The number of carbonyl (C=O) groups excluding carboxylic acids is 3. The van der Waals surface area contributed by atoms with Gasteiger partial charge in [0, 0.05) is 26.1 Å². The number of aryl methyl sites for hydroxylation is 1. The molecular weight excluding hydrogens is 493 g/mol. The molecule has 192 valence electrons. The summed E-state index contributed by atoms with van der Waals surface area (Å²) >= 11 is 0. The van der Waals surface area contributed by atoms with Crippen LogP contribution in [0, 0.1) is 6.92 Å². The molecule has 0 unspecified atom stereocenters. The third-order valence-electron chi connectivity index (χ3n) is 5.92. The number of aliphatic carboxylic acids is 1. The van der Waals surface area contributed by atoms with E-state index in [1.54, 1.807) is 0 Å². The predicted molar refractivity (Wildman–Crippen MR) is 129 cm³/mol. The number of carboxylic acids is 1. The molecule has 12 nitrogen and oxygen atoms in total. The molecule has 0 saturated carbocycles. The minimum Gasteiger partial charge on any atom is -0.481 e. The standard InChI is InChI=1S/C23H35N7O5.K/c1-14-6-2-3-7-15(14)13-28-20(33)17(12-19(31)32)29-21(34)18-9-5-11-30(18)22(35)16(24)8-4-10-27-23(25)26;/h2-3,6-7,16-18H,4-5,8-13,24H2,1H3,(H,28,33)(H,29,34)(H,31,32)(H4,25,26,27);/q;+1/p+1/t16-,17-,18-;/m0./s1. The van der Waals surface area contributed by atoms with Gasteiger partial charge >= 0.3 is 57.4 Å². The number of nitrogens with one attached hydrogen (secondary N) is 2. The van der Waals surface area contributed by atoms with E-state index in [0.29, 0.717) is 38.8 Å². The van der Waals surface area contributed by atoms with E-state index < -0.39 is 42.3 Å². The third kappa shape index (κ3) is 10.1. The summed E-state index contributed by atoms with van der Waals surface area (Å²) in [6.07, 6.45) is 1.47. The Balaban J connectivity index is 0.00000648. The number of benzene rings is 1. The van der Waals surface area contributed by atoms with Gasteiger partial charge in [0.2, 0.25) is 11.8 Å². The summed E-state index contributed by atoms with van der Waals surface area (Å²) in [5.41, 5.74) is 16.4. The number of likely N-dealkylation sites (tertiary alicyclic amines) is 1. The van der Waals surface area contributed by atoms with Crippen LogP contribution in [-0.4, -0.2) is 70.9 Å². The van der Waals surface area contributed by atoms with Gasteiger partial charge < -0.3 is 37.8 Å². The van der Waals surface area contributed by atoms with Crippen molar-refractivity contribution in [3.63, 3.8) is 0 Å². The topological polar surface area (TPSA) is 208 Å². The number of nitrogens with zero attached hydrogens (tertiary/aromatic N) is 2. The predicted octanol–water partition coefficient (Wildman–Crippen LogP) is -4.77. The maximum atomic E-state index is 13.0. The Morgan fingerprint density at radius 2 is 1.94 bits per heavy atom. The molecule has 0 aromatic heterocycles.